The average molecular weight is 575 g/mol. The van der Waals surface area contributed by atoms with E-state index in [1.54, 1.807) is 25.1 Å². The van der Waals surface area contributed by atoms with Crippen LogP contribution in [-0.2, 0) is 6.61 Å². The molecule has 4 rings (SSSR count). The zero-order valence-electron chi connectivity index (χ0n) is 23.4. The fraction of sp³-hybridized carbons (Fsp3) is 0.394. The van der Waals surface area contributed by atoms with E-state index < -0.39 is 29.1 Å². The molecule has 0 radical (unpaired) electrons. The van der Waals surface area contributed by atoms with Crippen molar-refractivity contribution in [2.45, 2.75) is 71.3 Å². The molecule has 1 unspecified atom stereocenters. The highest BCUT2D eigenvalue weighted by atomic mass is 19.2. The number of unbranched alkanes of at least 4 members (excludes halogenated alkanes) is 3. The number of halogens is 5. The summed E-state index contributed by atoms with van der Waals surface area (Å²) in [6, 6.07) is 10.2. The Bertz CT molecular complexity index is 1370. The summed E-state index contributed by atoms with van der Waals surface area (Å²) in [7, 11) is 0. The van der Waals surface area contributed by atoms with Crippen LogP contribution in [0.25, 0.3) is 5.57 Å². The normalized spacial score (nSPS) is 15.0. The van der Waals surface area contributed by atoms with E-state index in [4.69, 9.17) is 14.2 Å². The maximum Gasteiger partial charge on any atom is 0.204 e. The van der Waals surface area contributed by atoms with Gasteiger partial charge < -0.3 is 14.2 Å². The summed E-state index contributed by atoms with van der Waals surface area (Å²) < 4.78 is 88.9. The minimum absolute atomic E-state index is 0.112. The highest BCUT2D eigenvalue weighted by molar-refractivity contribution is 5.67. The second kappa shape index (κ2) is 14.4. The summed E-state index contributed by atoms with van der Waals surface area (Å²) in [6.07, 6.45) is 7.15. The molecule has 0 spiro atoms. The van der Waals surface area contributed by atoms with Crippen molar-refractivity contribution in [2.24, 2.45) is 0 Å². The van der Waals surface area contributed by atoms with E-state index in [1.807, 2.05) is 6.08 Å². The van der Waals surface area contributed by atoms with E-state index in [0.29, 0.717) is 37.0 Å². The van der Waals surface area contributed by atoms with E-state index in [2.05, 4.69) is 6.92 Å². The molecule has 0 N–H and O–H groups in total. The summed E-state index contributed by atoms with van der Waals surface area (Å²) >= 11 is 0. The second-order valence-electron chi connectivity index (χ2n) is 10.1. The fourth-order valence-electron chi connectivity index (χ4n) is 5.01. The van der Waals surface area contributed by atoms with Crippen LogP contribution in [0, 0.1) is 29.1 Å². The molecule has 1 aliphatic rings. The fourth-order valence-corrected chi connectivity index (χ4v) is 5.01. The minimum Gasteiger partial charge on any atom is -0.491 e. The summed E-state index contributed by atoms with van der Waals surface area (Å²) in [6.45, 7) is 4.16. The molecule has 3 nitrogen and oxygen atoms in total. The van der Waals surface area contributed by atoms with Gasteiger partial charge in [0.05, 0.1) is 13.2 Å². The Kier molecular flexibility index (Phi) is 10.7. The molecule has 0 bridgehead atoms. The van der Waals surface area contributed by atoms with Crippen LogP contribution in [-0.4, -0.2) is 13.2 Å². The second-order valence-corrected chi connectivity index (χ2v) is 10.1. The summed E-state index contributed by atoms with van der Waals surface area (Å²) in [5.41, 5.74) is 1.91. The van der Waals surface area contributed by atoms with Gasteiger partial charge in [0.15, 0.2) is 23.1 Å². The molecule has 3 aromatic carbocycles. The predicted octanol–water partition coefficient (Wildman–Crippen LogP) is 9.67. The molecule has 0 saturated heterocycles. The van der Waals surface area contributed by atoms with Crippen LogP contribution in [0.3, 0.4) is 0 Å². The maximum absolute atomic E-state index is 15.0. The van der Waals surface area contributed by atoms with Crippen LogP contribution in [0.5, 0.6) is 17.2 Å². The first-order valence-electron chi connectivity index (χ1n) is 14.2. The third-order valence-electron chi connectivity index (χ3n) is 7.27. The number of ether oxygens (including phenoxy) is 3. The molecule has 3 aromatic rings. The van der Waals surface area contributed by atoms with Crippen molar-refractivity contribution < 1.29 is 36.2 Å². The van der Waals surface area contributed by atoms with Gasteiger partial charge in [-0.25, -0.2) is 8.78 Å². The van der Waals surface area contributed by atoms with Gasteiger partial charge in [-0.1, -0.05) is 50.5 Å². The zero-order valence-corrected chi connectivity index (χ0v) is 23.4. The molecule has 0 amide bonds. The molecule has 8 heteroatoms. The molecule has 220 valence electrons. The Balaban J connectivity index is 1.36. The monoisotopic (exact) mass is 574 g/mol. The lowest BCUT2D eigenvalue weighted by Gasteiger charge is -2.24. The van der Waals surface area contributed by atoms with Gasteiger partial charge in [-0.15, -0.1) is 0 Å². The van der Waals surface area contributed by atoms with E-state index in [1.165, 1.54) is 24.3 Å². The third kappa shape index (κ3) is 7.40. The van der Waals surface area contributed by atoms with Gasteiger partial charge in [-0.05, 0) is 79.5 Å². The number of allylic oxidation sites excluding steroid dienone is 2. The average Bonchev–Trinajstić information content (AvgIpc) is 2.97. The molecular weight excluding hydrogens is 539 g/mol. The maximum atomic E-state index is 15.0. The number of benzene rings is 3. The van der Waals surface area contributed by atoms with E-state index >= 15 is 4.39 Å². The number of hydrogen-bond acceptors (Lipinski definition) is 3. The summed E-state index contributed by atoms with van der Waals surface area (Å²) in [5.74, 6) is -5.44. The molecular formula is C33H35F5O3. The summed E-state index contributed by atoms with van der Waals surface area (Å²) in [5, 5.41) is 0. The highest BCUT2D eigenvalue weighted by Gasteiger charge is 2.24. The predicted molar refractivity (Wildman–Crippen MR) is 149 cm³/mol. The van der Waals surface area contributed by atoms with Gasteiger partial charge in [0.2, 0.25) is 17.5 Å². The van der Waals surface area contributed by atoms with Crippen molar-refractivity contribution in [3.63, 3.8) is 0 Å². The largest absolute Gasteiger partial charge is 0.491 e. The lowest BCUT2D eigenvalue weighted by molar-refractivity contribution is 0.265. The molecule has 1 aliphatic carbocycles. The van der Waals surface area contributed by atoms with Gasteiger partial charge in [0.1, 0.15) is 12.4 Å². The van der Waals surface area contributed by atoms with E-state index in [-0.39, 0.29) is 41.9 Å². The van der Waals surface area contributed by atoms with Crippen molar-refractivity contribution in [2.75, 3.05) is 13.2 Å². The molecule has 1 atom stereocenters. The van der Waals surface area contributed by atoms with Crippen LogP contribution >= 0.6 is 0 Å². The van der Waals surface area contributed by atoms with Crippen molar-refractivity contribution >= 4 is 5.57 Å². The van der Waals surface area contributed by atoms with Gasteiger partial charge in [0.25, 0.3) is 0 Å². The Hall–Kier alpha value is -3.55. The first-order chi connectivity index (χ1) is 19.8. The van der Waals surface area contributed by atoms with Gasteiger partial charge >= 0.3 is 0 Å². The molecule has 0 saturated carbocycles. The van der Waals surface area contributed by atoms with Crippen LogP contribution in [0.2, 0.25) is 0 Å². The topological polar surface area (TPSA) is 27.7 Å². The van der Waals surface area contributed by atoms with E-state index in [0.717, 1.165) is 31.3 Å². The van der Waals surface area contributed by atoms with Crippen LogP contribution in [0.15, 0.2) is 48.5 Å². The number of hydrogen-bond donors (Lipinski definition) is 0. The Morgan fingerprint density at radius 1 is 0.732 bits per heavy atom. The lowest BCUT2D eigenvalue weighted by Crippen LogP contribution is -2.09. The number of rotatable bonds is 13. The summed E-state index contributed by atoms with van der Waals surface area (Å²) in [4.78, 5) is 0. The molecule has 0 heterocycles. The van der Waals surface area contributed by atoms with Crippen LogP contribution < -0.4 is 14.2 Å². The quantitative estimate of drug-likeness (QED) is 0.150. The van der Waals surface area contributed by atoms with Crippen LogP contribution in [0.4, 0.5) is 22.0 Å². The van der Waals surface area contributed by atoms with Gasteiger partial charge in [-0.3, -0.25) is 0 Å². The first-order valence-corrected chi connectivity index (χ1v) is 14.2. The Morgan fingerprint density at radius 2 is 1.41 bits per heavy atom. The van der Waals surface area contributed by atoms with Gasteiger partial charge in [-0.2, -0.15) is 13.2 Å². The molecule has 0 fully saturated rings. The Morgan fingerprint density at radius 3 is 2.07 bits per heavy atom. The minimum atomic E-state index is -1.15. The molecule has 0 aliphatic heterocycles. The Labute approximate surface area is 237 Å². The molecule has 41 heavy (non-hydrogen) atoms. The zero-order chi connectivity index (χ0) is 29.4. The lowest BCUT2D eigenvalue weighted by atomic mass is 9.82. The highest BCUT2D eigenvalue weighted by Crippen LogP contribution is 2.39. The van der Waals surface area contributed by atoms with Crippen molar-refractivity contribution in [1.82, 2.24) is 0 Å². The van der Waals surface area contributed by atoms with Gasteiger partial charge in [0, 0.05) is 5.56 Å². The standard InChI is InChI=1S/C33H35F5O3/c1-3-5-6-7-18-40-28-16-17-29(33(38)32(28)37)41-20-21-8-13-24(26(34)19-21)22-9-11-23(12-10-22)25-14-15-27(39-4-2)31(36)30(25)35/h8-9,13-17,19,23H,3-7,10-12,18,20H2,1-2H3. The molecule has 0 aromatic heterocycles. The first kappa shape index (κ1) is 30.4. The smallest absolute Gasteiger partial charge is 0.204 e. The third-order valence-corrected chi connectivity index (χ3v) is 7.27. The van der Waals surface area contributed by atoms with E-state index in [9.17, 15) is 17.6 Å². The van der Waals surface area contributed by atoms with Crippen molar-refractivity contribution in [3.05, 3.63) is 94.3 Å². The van der Waals surface area contributed by atoms with Crippen molar-refractivity contribution in [3.8, 4) is 17.2 Å². The SMILES string of the molecule is CCCCCCOc1ccc(OCc2ccc(C3=CCC(c4ccc(OCC)c(F)c4F)CC3)c(F)c2)c(F)c1F. The van der Waals surface area contributed by atoms with Crippen LogP contribution in [0.1, 0.15) is 81.4 Å². The van der Waals surface area contributed by atoms with Crippen molar-refractivity contribution in [1.29, 1.82) is 0 Å².